The van der Waals surface area contributed by atoms with Gasteiger partial charge in [0.05, 0.1) is 6.42 Å². The van der Waals surface area contributed by atoms with Crippen LogP contribution in [0.15, 0.2) is 0 Å². The van der Waals surface area contributed by atoms with Crippen LogP contribution in [0.3, 0.4) is 0 Å². The molecule has 0 aliphatic heterocycles. The van der Waals surface area contributed by atoms with E-state index in [0.29, 0.717) is 5.92 Å². The first kappa shape index (κ1) is 12.8. The second kappa shape index (κ2) is 5.72. The molecular formula is C11H20N2O3. The predicted octanol–water partition coefficient (Wildman–Crippen LogP) is 1.29. The maximum atomic E-state index is 11.6. The molecule has 1 rings (SSSR count). The van der Waals surface area contributed by atoms with Gasteiger partial charge in [-0.1, -0.05) is 6.42 Å². The number of carboxylic acid groups (broad SMARTS) is 1. The van der Waals surface area contributed by atoms with Gasteiger partial charge in [-0.2, -0.15) is 0 Å². The summed E-state index contributed by atoms with van der Waals surface area (Å²) in [5, 5.41) is 11.2. The molecule has 1 atom stereocenters. The lowest BCUT2D eigenvalue weighted by Crippen LogP contribution is -2.45. The number of aliphatic carboxylic acids is 1. The van der Waals surface area contributed by atoms with Gasteiger partial charge in [0, 0.05) is 19.6 Å². The van der Waals surface area contributed by atoms with Crippen LogP contribution in [0.4, 0.5) is 4.79 Å². The summed E-state index contributed by atoms with van der Waals surface area (Å²) in [7, 11) is 1.75. The average Bonchev–Trinajstić information content (AvgIpc) is 2.09. The highest BCUT2D eigenvalue weighted by molar-refractivity contribution is 5.75. The number of hydrogen-bond acceptors (Lipinski definition) is 2. The lowest BCUT2D eigenvalue weighted by molar-refractivity contribution is -0.137. The SMILES string of the molecule is CC(CC(=O)O)NC(=O)N(C)CC1CCC1. The van der Waals surface area contributed by atoms with Gasteiger partial charge < -0.3 is 15.3 Å². The second-order valence-electron chi connectivity index (χ2n) is 4.63. The Morgan fingerprint density at radius 3 is 2.56 bits per heavy atom. The van der Waals surface area contributed by atoms with Crippen molar-refractivity contribution in [2.24, 2.45) is 5.92 Å². The summed E-state index contributed by atoms with van der Waals surface area (Å²) in [4.78, 5) is 23.7. The number of carbonyl (C=O) groups excluding carboxylic acids is 1. The summed E-state index contributed by atoms with van der Waals surface area (Å²) in [5.41, 5.74) is 0. The molecule has 0 spiro atoms. The number of nitrogens with zero attached hydrogens (tertiary/aromatic N) is 1. The van der Waals surface area contributed by atoms with E-state index < -0.39 is 5.97 Å². The summed E-state index contributed by atoms with van der Waals surface area (Å²) < 4.78 is 0. The number of hydrogen-bond donors (Lipinski definition) is 2. The molecule has 5 nitrogen and oxygen atoms in total. The molecule has 0 bridgehead atoms. The van der Waals surface area contributed by atoms with Crippen molar-refractivity contribution in [1.29, 1.82) is 0 Å². The molecule has 1 saturated carbocycles. The first-order valence-corrected chi connectivity index (χ1v) is 5.72. The van der Waals surface area contributed by atoms with Crippen LogP contribution in [-0.2, 0) is 4.79 Å². The summed E-state index contributed by atoms with van der Waals surface area (Å²) in [6, 6.07) is -0.505. The van der Waals surface area contributed by atoms with Gasteiger partial charge in [0.25, 0.3) is 0 Å². The Balaban J connectivity index is 2.24. The first-order chi connectivity index (χ1) is 7.49. The molecule has 1 aliphatic rings. The minimum atomic E-state index is -0.894. The zero-order valence-corrected chi connectivity index (χ0v) is 9.90. The quantitative estimate of drug-likeness (QED) is 0.745. The van der Waals surface area contributed by atoms with Crippen molar-refractivity contribution in [3.63, 3.8) is 0 Å². The maximum Gasteiger partial charge on any atom is 0.317 e. The minimum Gasteiger partial charge on any atom is -0.481 e. The van der Waals surface area contributed by atoms with Crippen LogP contribution in [0.25, 0.3) is 0 Å². The van der Waals surface area contributed by atoms with Crippen molar-refractivity contribution in [3.05, 3.63) is 0 Å². The topological polar surface area (TPSA) is 69.6 Å². The Morgan fingerprint density at radius 2 is 2.12 bits per heavy atom. The fourth-order valence-electron chi connectivity index (χ4n) is 1.78. The molecule has 0 aromatic rings. The Labute approximate surface area is 95.8 Å². The molecule has 16 heavy (non-hydrogen) atoms. The van der Waals surface area contributed by atoms with Crippen LogP contribution < -0.4 is 5.32 Å². The highest BCUT2D eigenvalue weighted by Gasteiger charge is 2.22. The van der Waals surface area contributed by atoms with Gasteiger partial charge in [0.15, 0.2) is 0 Å². The Kier molecular flexibility index (Phi) is 4.58. The second-order valence-corrected chi connectivity index (χ2v) is 4.63. The number of urea groups is 1. The number of amides is 2. The van der Waals surface area contributed by atoms with Gasteiger partial charge in [-0.05, 0) is 25.7 Å². The third-order valence-corrected chi connectivity index (χ3v) is 2.95. The van der Waals surface area contributed by atoms with E-state index in [0.717, 1.165) is 6.54 Å². The third kappa shape index (κ3) is 4.08. The first-order valence-electron chi connectivity index (χ1n) is 5.72. The maximum absolute atomic E-state index is 11.6. The Hall–Kier alpha value is -1.26. The van der Waals surface area contributed by atoms with Gasteiger partial charge in [-0.15, -0.1) is 0 Å². The van der Waals surface area contributed by atoms with E-state index in [4.69, 9.17) is 5.11 Å². The third-order valence-electron chi connectivity index (χ3n) is 2.95. The molecule has 0 saturated heterocycles. The molecule has 5 heteroatoms. The van der Waals surface area contributed by atoms with Crippen LogP contribution in [0.2, 0.25) is 0 Å². The van der Waals surface area contributed by atoms with Crippen molar-refractivity contribution >= 4 is 12.0 Å². The van der Waals surface area contributed by atoms with Gasteiger partial charge in [0.2, 0.25) is 0 Å². The van der Waals surface area contributed by atoms with E-state index in [1.54, 1.807) is 18.9 Å². The summed E-state index contributed by atoms with van der Waals surface area (Å²) in [6.07, 6.45) is 3.61. The zero-order chi connectivity index (χ0) is 12.1. The fourth-order valence-corrected chi connectivity index (χ4v) is 1.78. The average molecular weight is 228 g/mol. The molecule has 2 amide bonds. The van der Waals surface area contributed by atoms with Crippen LogP contribution in [0.5, 0.6) is 0 Å². The fraction of sp³-hybridized carbons (Fsp3) is 0.818. The van der Waals surface area contributed by atoms with E-state index in [2.05, 4.69) is 5.32 Å². The molecule has 1 unspecified atom stereocenters. The number of rotatable bonds is 5. The Morgan fingerprint density at radius 1 is 1.50 bits per heavy atom. The number of carbonyl (C=O) groups is 2. The van der Waals surface area contributed by atoms with Crippen LogP contribution in [-0.4, -0.2) is 41.6 Å². The summed E-state index contributed by atoms with van der Waals surface area (Å²) in [6.45, 7) is 2.47. The molecular weight excluding hydrogens is 208 g/mol. The standard InChI is InChI=1S/C11H20N2O3/c1-8(6-10(14)15)12-11(16)13(2)7-9-4-3-5-9/h8-9H,3-7H2,1-2H3,(H,12,16)(H,14,15). The number of carboxylic acids is 1. The zero-order valence-electron chi connectivity index (χ0n) is 9.90. The van der Waals surface area contributed by atoms with Crippen LogP contribution in [0, 0.1) is 5.92 Å². The van der Waals surface area contributed by atoms with Crippen molar-refractivity contribution in [3.8, 4) is 0 Å². The molecule has 0 aromatic carbocycles. The molecule has 1 aliphatic carbocycles. The van der Waals surface area contributed by atoms with Crippen molar-refractivity contribution in [2.75, 3.05) is 13.6 Å². The molecule has 0 aromatic heterocycles. The lowest BCUT2D eigenvalue weighted by atomic mass is 9.85. The van der Waals surface area contributed by atoms with Gasteiger partial charge in [0.1, 0.15) is 0 Å². The van der Waals surface area contributed by atoms with Gasteiger partial charge >= 0.3 is 12.0 Å². The van der Waals surface area contributed by atoms with Crippen molar-refractivity contribution < 1.29 is 14.7 Å². The minimum absolute atomic E-state index is 0.0387. The molecule has 2 N–H and O–H groups in total. The van der Waals surface area contributed by atoms with Crippen molar-refractivity contribution in [2.45, 2.75) is 38.6 Å². The molecule has 92 valence electrons. The summed E-state index contributed by atoms with van der Waals surface area (Å²) >= 11 is 0. The van der Waals surface area contributed by atoms with E-state index in [1.165, 1.54) is 19.3 Å². The molecule has 0 heterocycles. The molecule has 1 fully saturated rings. The lowest BCUT2D eigenvalue weighted by Gasteiger charge is -2.30. The molecule has 0 radical (unpaired) electrons. The summed E-state index contributed by atoms with van der Waals surface area (Å²) in [5.74, 6) is -0.264. The van der Waals surface area contributed by atoms with E-state index >= 15 is 0 Å². The van der Waals surface area contributed by atoms with E-state index in [9.17, 15) is 9.59 Å². The highest BCUT2D eigenvalue weighted by Crippen LogP contribution is 2.26. The normalized spacial score (nSPS) is 17.4. The van der Waals surface area contributed by atoms with E-state index in [-0.39, 0.29) is 18.5 Å². The Bertz CT molecular complexity index is 264. The van der Waals surface area contributed by atoms with Crippen molar-refractivity contribution in [1.82, 2.24) is 10.2 Å². The van der Waals surface area contributed by atoms with E-state index in [1.807, 2.05) is 0 Å². The monoisotopic (exact) mass is 228 g/mol. The smallest absolute Gasteiger partial charge is 0.317 e. The van der Waals surface area contributed by atoms with Crippen LogP contribution >= 0.6 is 0 Å². The highest BCUT2D eigenvalue weighted by atomic mass is 16.4. The van der Waals surface area contributed by atoms with Gasteiger partial charge in [-0.3, -0.25) is 4.79 Å². The predicted molar refractivity (Wildman–Crippen MR) is 60.2 cm³/mol. The van der Waals surface area contributed by atoms with Gasteiger partial charge in [-0.25, -0.2) is 4.79 Å². The number of nitrogens with one attached hydrogen (secondary N) is 1. The largest absolute Gasteiger partial charge is 0.481 e. The van der Waals surface area contributed by atoms with Crippen LogP contribution in [0.1, 0.15) is 32.6 Å².